The van der Waals surface area contributed by atoms with Crippen LogP contribution in [0, 0.1) is 11.6 Å². The van der Waals surface area contributed by atoms with Crippen LogP contribution in [-0.2, 0) is 17.6 Å². The van der Waals surface area contributed by atoms with Gasteiger partial charge in [-0.05, 0) is 30.2 Å². The minimum absolute atomic E-state index is 0.0141. The molecule has 0 bridgehead atoms. The van der Waals surface area contributed by atoms with Crippen molar-refractivity contribution in [3.63, 3.8) is 0 Å². The average Bonchev–Trinajstić information content (AvgIpc) is 3.29. The first-order valence-corrected chi connectivity index (χ1v) is 8.83. The van der Waals surface area contributed by atoms with E-state index in [-0.39, 0.29) is 23.7 Å². The molecule has 142 valence electrons. The summed E-state index contributed by atoms with van der Waals surface area (Å²) < 4.78 is 31.9. The van der Waals surface area contributed by atoms with E-state index in [0.29, 0.717) is 18.7 Å². The Morgan fingerprint density at radius 1 is 1.14 bits per heavy atom. The van der Waals surface area contributed by atoms with Gasteiger partial charge in [-0.25, -0.2) is 8.78 Å². The molecule has 5 nitrogen and oxygen atoms in total. The number of aromatic nitrogens is 2. The minimum atomic E-state index is -0.745. The molecule has 0 aliphatic heterocycles. The van der Waals surface area contributed by atoms with E-state index in [2.05, 4.69) is 15.5 Å². The Balaban J connectivity index is 1.33. The lowest BCUT2D eigenvalue weighted by atomic mass is 10.1. The monoisotopic (exact) mass is 381 g/mol. The first-order valence-electron chi connectivity index (χ1n) is 8.83. The number of hydrogen-bond acceptors (Lipinski definition) is 3. The molecule has 0 unspecified atom stereocenters. The van der Waals surface area contributed by atoms with Crippen LogP contribution < -0.4 is 5.32 Å². The Labute approximate surface area is 159 Å². The fourth-order valence-corrected chi connectivity index (χ4v) is 3.11. The molecule has 4 aromatic rings. The summed E-state index contributed by atoms with van der Waals surface area (Å²) >= 11 is 0. The Hall–Kier alpha value is -3.48. The van der Waals surface area contributed by atoms with Crippen molar-refractivity contribution in [1.82, 2.24) is 15.5 Å². The van der Waals surface area contributed by atoms with Crippen LogP contribution in [0.25, 0.3) is 22.2 Å². The number of H-pyrrole nitrogens is 1. The molecule has 0 radical (unpaired) electrons. The van der Waals surface area contributed by atoms with Gasteiger partial charge in [0.15, 0.2) is 5.76 Å². The van der Waals surface area contributed by atoms with E-state index >= 15 is 0 Å². The van der Waals surface area contributed by atoms with E-state index < -0.39 is 11.6 Å². The Morgan fingerprint density at radius 3 is 2.86 bits per heavy atom. The highest BCUT2D eigenvalue weighted by atomic mass is 19.1. The number of amides is 1. The molecule has 28 heavy (non-hydrogen) atoms. The number of aromatic amines is 1. The van der Waals surface area contributed by atoms with Crippen molar-refractivity contribution < 1.29 is 18.1 Å². The van der Waals surface area contributed by atoms with Crippen molar-refractivity contribution in [3.05, 3.63) is 77.6 Å². The number of halogens is 2. The second-order valence-electron chi connectivity index (χ2n) is 6.44. The molecular formula is C21H17F2N3O2. The van der Waals surface area contributed by atoms with Crippen molar-refractivity contribution in [3.8, 4) is 11.3 Å². The zero-order valence-corrected chi connectivity index (χ0v) is 14.8. The van der Waals surface area contributed by atoms with Gasteiger partial charge in [0.05, 0.1) is 17.7 Å². The smallest absolute Gasteiger partial charge is 0.226 e. The van der Waals surface area contributed by atoms with Gasteiger partial charge in [0.2, 0.25) is 5.91 Å². The summed E-state index contributed by atoms with van der Waals surface area (Å²) in [4.78, 5) is 15.3. The molecule has 0 aliphatic rings. The molecule has 0 fully saturated rings. The molecule has 0 atom stereocenters. The zero-order valence-electron chi connectivity index (χ0n) is 14.8. The average molecular weight is 381 g/mol. The molecule has 2 N–H and O–H groups in total. The lowest BCUT2D eigenvalue weighted by Crippen LogP contribution is -2.27. The molecule has 0 saturated heterocycles. The highest BCUT2D eigenvalue weighted by molar-refractivity contribution is 5.83. The topological polar surface area (TPSA) is 70.9 Å². The maximum absolute atomic E-state index is 13.8. The van der Waals surface area contributed by atoms with Gasteiger partial charge in [0.25, 0.3) is 0 Å². The fraction of sp³-hybridized carbons (Fsp3) is 0.143. The van der Waals surface area contributed by atoms with Crippen LogP contribution >= 0.6 is 0 Å². The first-order chi connectivity index (χ1) is 13.6. The maximum atomic E-state index is 13.8. The highest BCUT2D eigenvalue weighted by Crippen LogP contribution is 2.24. The van der Waals surface area contributed by atoms with Gasteiger partial charge in [-0.1, -0.05) is 23.4 Å². The number of carbonyl (C=O) groups is 1. The summed E-state index contributed by atoms with van der Waals surface area (Å²) in [6.07, 6.45) is 2.65. The number of hydrogen-bond donors (Lipinski definition) is 2. The van der Waals surface area contributed by atoms with Crippen LogP contribution in [0.4, 0.5) is 8.78 Å². The third kappa shape index (κ3) is 3.78. The van der Waals surface area contributed by atoms with Gasteiger partial charge >= 0.3 is 0 Å². The van der Waals surface area contributed by atoms with Gasteiger partial charge in [0.1, 0.15) is 11.6 Å². The molecular weight excluding hydrogens is 364 g/mol. The first kappa shape index (κ1) is 17.9. The second kappa shape index (κ2) is 7.64. The summed E-state index contributed by atoms with van der Waals surface area (Å²) in [5.41, 5.74) is 2.67. The van der Waals surface area contributed by atoms with Crippen LogP contribution in [0.1, 0.15) is 11.3 Å². The largest absolute Gasteiger partial charge is 0.361 e. The normalized spacial score (nSPS) is 11.1. The predicted octanol–water partition coefficient (Wildman–Crippen LogP) is 4.00. The Morgan fingerprint density at radius 2 is 2.00 bits per heavy atom. The molecule has 0 saturated carbocycles. The summed E-state index contributed by atoms with van der Waals surface area (Å²) in [6.45, 7) is 0.484. The molecule has 1 amide bonds. The van der Waals surface area contributed by atoms with Crippen LogP contribution in [0.15, 0.2) is 59.3 Å². The summed E-state index contributed by atoms with van der Waals surface area (Å²) in [7, 11) is 0. The van der Waals surface area contributed by atoms with E-state index in [1.807, 2.05) is 30.5 Å². The third-order valence-corrected chi connectivity index (χ3v) is 4.49. The molecule has 2 heterocycles. The fourth-order valence-electron chi connectivity index (χ4n) is 3.11. The molecule has 4 rings (SSSR count). The summed E-state index contributed by atoms with van der Waals surface area (Å²) in [6, 6.07) is 12.6. The SMILES string of the molecule is O=C(Cc1cc(-c2ccc(F)cc2F)on1)NCCc1c[nH]c2ccccc12. The Kier molecular flexibility index (Phi) is 4.89. The van der Waals surface area contributed by atoms with Gasteiger partial charge in [0, 0.05) is 35.8 Å². The molecule has 0 spiro atoms. The molecule has 7 heteroatoms. The predicted molar refractivity (Wildman–Crippen MR) is 101 cm³/mol. The third-order valence-electron chi connectivity index (χ3n) is 4.49. The second-order valence-corrected chi connectivity index (χ2v) is 6.44. The van der Waals surface area contributed by atoms with Crippen molar-refractivity contribution in [2.24, 2.45) is 0 Å². The van der Waals surface area contributed by atoms with Crippen molar-refractivity contribution in [2.45, 2.75) is 12.8 Å². The molecule has 2 aromatic carbocycles. The summed E-state index contributed by atoms with van der Waals surface area (Å²) in [5.74, 6) is -1.47. The van der Waals surface area contributed by atoms with Crippen LogP contribution in [-0.4, -0.2) is 22.6 Å². The Bertz CT molecular complexity index is 1130. The number of nitrogens with one attached hydrogen (secondary N) is 2. The van der Waals surface area contributed by atoms with Crippen LogP contribution in [0.3, 0.4) is 0 Å². The van der Waals surface area contributed by atoms with Gasteiger partial charge < -0.3 is 14.8 Å². The number of benzene rings is 2. The number of fused-ring (bicyclic) bond motifs is 1. The van der Waals surface area contributed by atoms with Crippen LogP contribution in [0.5, 0.6) is 0 Å². The van der Waals surface area contributed by atoms with Gasteiger partial charge in [-0.2, -0.15) is 0 Å². The van der Waals surface area contributed by atoms with E-state index in [4.69, 9.17) is 4.52 Å². The number of rotatable bonds is 6. The summed E-state index contributed by atoms with van der Waals surface area (Å²) in [5, 5.41) is 7.78. The van der Waals surface area contributed by atoms with E-state index in [1.54, 1.807) is 0 Å². The van der Waals surface area contributed by atoms with Crippen molar-refractivity contribution in [1.29, 1.82) is 0 Å². The molecule has 2 aromatic heterocycles. The zero-order chi connectivity index (χ0) is 19.5. The van der Waals surface area contributed by atoms with Gasteiger partial charge in [-0.15, -0.1) is 0 Å². The van der Waals surface area contributed by atoms with E-state index in [1.165, 1.54) is 12.1 Å². The van der Waals surface area contributed by atoms with Crippen molar-refractivity contribution in [2.75, 3.05) is 6.54 Å². The highest BCUT2D eigenvalue weighted by Gasteiger charge is 2.14. The van der Waals surface area contributed by atoms with E-state index in [9.17, 15) is 13.6 Å². The number of carbonyl (C=O) groups excluding carboxylic acids is 1. The maximum Gasteiger partial charge on any atom is 0.226 e. The van der Waals surface area contributed by atoms with Crippen LogP contribution in [0.2, 0.25) is 0 Å². The quantitative estimate of drug-likeness (QED) is 0.530. The minimum Gasteiger partial charge on any atom is -0.361 e. The van der Waals surface area contributed by atoms with E-state index in [0.717, 1.165) is 28.6 Å². The van der Waals surface area contributed by atoms with Crippen molar-refractivity contribution >= 4 is 16.8 Å². The lowest BCUT2D eigenvalue weighted by molar-refractivity contribution is -0.120. The lowest BCUT2D eigenvalue weighted by Gasteiger charge is -2.03. The van der Waals surface area contributed by atoms with Gasteiger partial charge in [-0.3, -0.25) is 4.79 Å². The number of nitrogens with zero attached hydrogens (tertiary/aromatic N) is 1. The number of para-hydroxylation sites is 1. The molecule has 0 aliphatic carbocycles. The standard InChI is InChI=1S/C21H17F2N3O2/c22-14-5-6-17(18(23)9-14)20-10-15(26-28-20)11-21(27)24-8-7-13-12-25-19-4-2-1-3-16(13)19/h1-6,9-10,12,25H,7-8,11H2,(H,24,27).